The molecule has 0 aliphatic carbocycles. The first-order valence-electron chi connectivity index (χ1n) is 5.62. The molecule has 0 saturated heterocycles. The van der Waals surface area contributed by atoms with E-state index in [9.17, 15) is 4.79 Å². The molecule has 4 heteroatoms. The standard InChI is InChI=1S/C14H11IN2O/c1-16-12-8-4-5-9-13(12)17(15)11-7-3-2-6-10(11)14(16)18/h2-9H,1H3. The van der Waals surface area contributed by atoms with Crippen LogP contribution in [0.1, 0.15) is 10.4 Å². The number of nitrogens with zero attached hydrogens (tertiary/aromatic N) is 2. The molecular weight excluding hydrogens is 339 g/mol. The van der Waals surface area contributed by atoms with Crippen LogP contribution >= 0.6 is 22.9 Å². The van der Waals surface area contributed by atoms with E-state index in [2.05, 4.69) is 22.9 Å². The number of benzene rings is 2. The first-order valence-corrected chi connectivity index (χ1v) is 6.58. The Morgan fingerprint density at radius 1 is 0.889 bits per heavy atom. The van der Waals surface area contributed by atoms with Gasteiger partial charge in [0.05, 0.1) is 45.5 Å². The minimum atomic E-state index is 0.0252. The number of carbonyl (C=O) groups excluding carboxylic acids is 1. The molecule has 1 aliphatic rings. The molecule has 90 valence electrons. The zero-order valence-corrected chi connectivity index (χ0v) is 12.0. The molecule has 0 aromatic heterocycles. The van der Waals surface area contributed by atoms with Crippen molar-refractivity contribution < 1.29 is 4.79 Å². The predicted molar refractivity (Wildman–Crippen MR) is 81.8 cm³/mol. The number of hydrogen-bond donors (Lipinski definition) is 0. The Kier molecular flexibility index (Phi) is 2.74. The van der Waals surface area contributed by atoms with Gasteiger partial charge in [-0.3, -0.25) is 7.91 Å². The molecule has 0 atom stereocenters. The maximum absolute atomic E-state index is 12.4. The minimum absolute atomic E-state index is 0.0252. The van der Waals surface area contributed by atoms with E-state index in [-0.39, 0.29) is 5.91 Å². The number of hydrogen-bond acceptors (Lipinski definition) is 2. The summed E-state index contributed by atoms with van der Waals surface area (Å²) < 4.78 is 2.03. The Balaban J connectivity index is 2.31. The van der Waals surface area contributed by atoms with E-state index in [1.54, 1.807) is 4.90 Å². The van der Waals surface area contributed by atoms with Crippen LogP contribution in [0.25, 0.3) is 0 Å². The molecule has 3 rings (SSSR count). The van der Waals surface area contributed by atoms with Crippen LogP contribution in [0.2, 0.25) is 0 Å². The van der Waals surface area contributed by atoms with Gasteiger partial charge in [-0.1, -0.05) is 24.3 Å². The van der Waals surface area contributed by atoms with E-state index in [0.717, 1.165) is 22.6 Å². The van der Waals surface area contributed by atoms with Gasteiger partial charge in [0, 0.05) is 7.05 Å². The molecule has 18 heavy (non-hydrogen) atoms. The summed E-state index contributed by atoms with van der Waals surface area (Å²) in [6.45, 7) is 0. The molecule has 0 spiro atoms. The zero-order valence-electron chi connectivity index (χ0n) is 9.80. The highest BCUT2D eigenvalue weighted by Crippen LogP contribution is 2.41. The summed E-state index contributed by atoms with van der Waals surface area (Å²) in [5.41, 5.74) is 3.61. The van der Waals surface area contributed by atoms with Gasteiger partial charge < -0.3 is 4.90 Å². The van der Waals surface area contributed by atoms with Crippen molar-refractivity contribution in [1.82, 2.24) is 0 Å². The second kappa shape index (κ2) is 4.28. The Labute approximate surface area is 120 Å². The topological polar surface area (TPSA) is 23.6 Å². The average molecular weight is 350 g/mol. The quantitative estimate of drug-likeness (QED) is 0.534. The van der Waals surface area contributed by atoms with Crippen molar-refractivity contribution in [1.29, 1.82) is 0 Å². The second-order valence-corrected chi connectivity index (χ2v) is 5.12. The molecule has 1 heterocycles. The van der Waals surface area contributed by atoms with Gasteiger partial charge in [0.2, 0.25) is 0 Å². The number of rotatable bonds is 0. The molecule has 1 amide bonds. The van der Waals surface area contributed by atoms with Crippen molar-refractivity contribution in [2.45, 2.75) is 0 Å². The van der Waals surface area contributed by atoms with Crippen LogP contribution in [-0.4, -0.2) is 13.0 Å². The van der Waals surface area contributed by atoms with Gasteiger partial charge in [-0.05, 0) is 24.3 Å². The van der Waals surface area contributed by atoms with E-state index in [4.69, 9.17) is 0 Å². The first-order chi connectivity index (χ1) is 8.70. The number of amides is 1. The Hall–Kier alpha value is -1.56. The lowest BCUT2D eigenvalue weighted by Crippen LogP contribution is -2.25. The fourth-order valence-corrected chi connectivity index (χ4v) is 2.99. The maximum Gasteiger partial charge on any atom is 0.260 e. The van der Waals surface area contributed by atoms with Crippen LogP contribution in [0, 0.1) is 0 Å². The van der Waals surface area contributed by atoms with Crippen LogP contribution in [0.3, 0.4) is 0 Å². The molecule has 0 N–H and O–H groups in total. The van der Waals surface area contributed by atoms with Crippen molar-refractivity contribution in [2.75, 3.05) is 15.1 Å². The van der Waals surface area contributed by atoms with E-state index in [1.807, 2.05) is 58.7 Å². The Morgan fingerprint density at radius 3 is 2.17 bits per heavy atom. The van der Waals surface area contributed by atoms with Gasteiger partial charge in [-0.25, -0.2) is 0 Å². The van der Waals surface area contributed by atoms with Crippen molar-refractivity contribution >= 4 is 45.8 Å². The molecule has 0 unspecified atom stereocenters. The van der Waals surface area contributed by atoms with Crippen molar-refractivity contribution in [3.05, 3.63) is 54.1 Å². The third-order valence-electron chi connectivity index (χ3n) is 3.11. The summed E-state index contributed by atoms with van der Waals surface area (Å²) in [4.78, 5) is 14.1. The third-order valence-corrected chi connectivity index (χ3v) is 4.14. The predicted octanol–water partition coefficient (Wildman–Crippen LogP) is 3.76. The highest BCUT2D eigenvalue weighted by molar-refractivity contribution is 14.1. The summed E-state index contributed by atoms with van der Waals surface area (Å²) in [6, 6.07) is 15.6. The number of fused-ring (bicyclic) bond motifs is 2. The van der Waals surface area contributed by atoms with E-state index in [1.165, 1.54) is 0 Å². The zero-order chi connectivity index (χ0) is 12.7. The smallest absolute Gasteiger partial charge is 0.260 e. The largest absolute Gasteiger partial charge is 0.309 e. The summed E-state index contributed by atoms with van der Waals surface area (Å²) in [7, 11) is 1.81. The summed E-state index contributed by atoms with van der Waals surface area (Å²) in [6.07, 6.45) is 0. The van der Waals surface area contributed by atoms with Gasteiger partial charge in [-0.2, -0.15) is 0 Å². The van der Waals surface area contributed by atoms with Gasteiger partial charge in [0.25, 0.3) is 5.91 Å². The van der Waals surface area contributed by atoms with Crippen LogP contribution in [0.5, 0.6) is 0 Å². The number of para-hydroxylation sites is 3. The fourth-order valence-electron chi connectivity index (χ4n) is 2.16. The molecule has 1 aliphatic heterocycles. The molecule has 0 radical (unpaired) electrons. The monoisotopic (exact) mass is 350 g/mol. The molecule has 2 aromatic carbocycles. The van der Waals surface area contributed by atoms with Crippen LogP contribution in [0.4, 0.5) is 17.1 Å². The summed E-state index contributed by atoms with van der Waals surface area (Å²) in [5, 5.41) is 0. The van der Waals surface area contributed by atoms with E-state index in [0.29, 0.717) is 0 Å². The molecule has 0 bridgehead atoms. The lowest BCUT2D eigenvalue weighted by atomic mass is 10.1. The lowest BCUT2D eigenvalue weighted by Gasteiger charge is -2.19. The third kappa shape index (κ3) is 1.59. The number of halogens is 1. The van der Waals surface area contributed by atoms with E-state index < -0.39 is 0 Å². The van der Waals surface area contributed by atoms with Crippen LogP contribution in [0.15, 0.2) is 48.5 Å². The molecule has 3 nitrogen and oxygen atoms in total. The van der Waals surface area contributed by atoms with E-state index >= 15 is 0 Å². The van der Waals surface area contributed by atoms with Gasteiger partial charge in [0.1, 0.15) is 0 Å². The summed E-state index contributed by atoms with van der Waals surface area (Å²) >= 11 is 2.24. The van der Waals surface area contributed by atoms with Crippen molar-refractivity contribution in [3.8, 4) is 0 Å². The molecule has 0 saturated carbocycles. The van der Waals surface area contributed by atoms with Gasteiger partial charge >= 0.3 is 0 Å². The number of carbonyl (C=O) groups is 1. The molecule has 0 fully saturated rings. The first kappa shape index (κ1) is 11.5. The Bertz CT molecular complexity index is 627. The molecule has 2 aromatic rings. The fraction of sp³-hybridized carbons (Fsp3) is 0.0714. The maximum atomic E-state index is 12.4. The van der Waals surface area contributed by atoms with Gasteiger partial charge in [-0.15, -0.1) is 0 Å². The van der Waals surface area contributed by atoms with Gasteiger partial charge in [0.15, 0.2) is 0 Å². The summed E-state index contributed by atoms with van der Waals surface area (Å²) in [5.74, 6) is 0.0252. The number of anilines is 3. The highest BCUT2D eigenvalue weighted by atomic mass is 127. The lowest BCUT2D eigenvalue weighted by molar-refractivity contribution is 0.0994. The average Bonchev–Trinajstić information content (AvgIpc) is 2.51. The second-order valence-electron chi connectivity index (χ2n) is 4.15. The van der Waals surface area contributed by atoms with Crippen LogP contribution < -0.4 is 8.01 Å². The SMILES string of the molecule is CN1C(=O)c2ccccc2N(I)c2ccccc21. The normalized spacial score (nSPS) is 14.0. The molecular formula is C14H11IN2O. The Morgan fingerprint density at radius 2 is 1.44 bits per heavy atom. The van der Waals surface area contributed by atoms with Crippen molar-refractivity contribution in [3.63, 3.8) is 0 Å². The highest BCUT2D eigenvalue weighted by Gasteiger charge is 2.27. The minimum Gasteiger partial charge on any atom is -0.309 e. The van der Waals surface area contributed by atoms with Crippen LogP contribution in [-0.2, 0) is 0 Å². The van der Waals surface area contributed by atoms with Crippen molar-refractivity contribution in [2.24, 2.45) is 0 Å².